The fourth-order valence-electron chi connectivity index (χ4n) is 1.97. The lowest BCUT2D eigenvalue weighted by molar-refractivity contribution is 0.220. The Bertz CT molecular complexity index is 671. The van der Waals surface area contributed by atoms with Crippen molar-refractivity contribution in [1.82, 2.24) is 4.90 Å². The van der Waals surface area contributed by atoms with Crippen molar-refractivity contribution in [3.63, 3.8) is 0 Å². The van der Waals surface area contributed by atoms with Crippen LogP contribution in [0.2, 0.25) is 0 Å². The van der Waals surface area contributed by atoms with E-state index in [1.165, 1.54) is 0 Å². The van der Waals surface area contributed by atoms with E-state index >= 15 is 0 Å². The lowest BCUT2D eigenvalue weighted by Crippen LogP contribution is -2.30. The van der Waals surface area contributed by atoms with Crippen LogP contribution in [0.15, 0.2) is 65.7 Å². The zero-order valence-corrected chi connectivity index (χ0v) is 14.5. The molecule has 1 N–H and O–H groups in total. The standard InChI is InChI=1S/C18H19BrN2O2/c1-3-11-23-17-6-4-5-16(12-17)20-18(22)21(2)13-14-7-9-15(19)10-8-14/h3-10,12H,1,11,13H2,2H3,(H,20,22). The van der Waals surface area contributed by atoms with E-state index in [1.54, 1.807) is 24.1 Å². The summed E-state index contributed by atoms with van der Waals surface area (Å²) >= 11 is 3.40. The Morgan fingerprint density at radius 3 is 2.74 bits per heavy atom. The van der Waals surface area contributed by atoms with E-state index in [1.807, 2.05) is 42.5 Å². The van der Waals surface area contributed by atoms with Gasteiger partial charge in [0.2, 0.25) is 0 Å². The lowest BCUT2D eigenvalue weighted by atomic mass is 10.2. The summed E-state index contributed by atoms with van der Waals surface area (Å²) in [6.45, 7) is 4.58. The van der Waals surface area contributed by atoms with Crippen molar-refractivity contribution < 1.29 is 9.53 Å². The monoisotopic (exact) mass is 374 g/mol. The molecule has 0 spiro atoms. The summed E-state index contributed by atoms with van der Waals surface area (Å²) in [7, 11) is 1.76. The number of hydrogen-bond donors (Lipinski definition) is 1. The van der Waals surface area contributed by atoms with Crippen LogP contribution >= 0.6 is 15.9 Å². The van der Waals surface area contributed by atoms with Crippen LogP contribution in [-0.2, 0) is 6.54 Å². The molecule has 0 aromatic heterocycles. The minimum absolute atomic E-state index is 0.172. The van der Waals surface area contributed by atoms with Crippen molar-refractivity contribution in [2.75, 3.05) is 19.0 Å². The molecule has 2 aromatic rings. The first-order chi connectivity index (χ1) is 11.1. The van der Waals surface area contributed by atoms with Crippen molar-refractivity contribution in [3.8, 4) is 5.75 Å². The quantitative estimate of drug-likeness (QED) is 0.745. The number of halogens is 1. The second-order valence-electron chi connectivity index (χ2n) is 5.04. The van der Waals surface area contributed by atoms with E-state index in [9.17, 15) is 4.79 Å². The van der Waals surface area contributed by atoms with Crippen LogP contribution in [0.1, 0.15) is 5.56 Å². The maximum atomic E-state index is 12.3. The summed E-state index contributed by atoms with van der Waals surface area (Å²) < 4.78 is 6.48. The van der Waals surface area contributed by atoms with E-state index in [2.05, 4.69) is 27.8 Å². The first-order valence-electron chi connectivity index (χ1n) is 7.19. The van der Waals surface area contributed by atoms with Gasteiger partial charge in [-0.25, -0.2) is 4.79 Å². The number of rotatable bonds is 6. The lowest BCUT2D eigenvalue weighted by Gasteiger charge is -2.18. The van der Waals surface area contributed by atoms with Gasteiger partial charge in [0.25, 0.3) is 0 Å². The van der Waals surface area contributed by atoms with Gasteiger partial charge in [0, 0.05) is 29.8 Å². The molecule has 0 atom stereocenters. The minimum atomic E-state index is -0.172. The molecule has 4 nitrogen and oxygen atoms in total. The number of nitrogens with zero attached hydrogens (tertiary/aromatic N) is 1. The molecule has 0 unspecified atom stereocenters. The summed E-state index contributed by atoms with van der Waals surface area (Å²) in [5, 5.41) is 2.86. The van der Waals surface area contributed by atoms with Gasteiger partial charge in [0.1, 0.15) is 12.4 Å². The molecule has 0 aliphatic heterocycles. The van der Waals surface area contributed by atoms with E-state index < -0.39 is 0 Å². The second kappa shape index (κ2) is 8.39. The molecular formula is C18H19BrN2O2. The number of benzene rings is 2. The Kier molecular flexibility index (Phi) is 6.23. The smallest absolute Gasteiger partial charge is 0.321 e. The van der Waals surface area contributed by atoms with Gasteiger partial charge in [-0.1, -0.05) is 46.8 Å². The molecular weight excluding hydrogens is 356 g/mol. The molecule has 2 aromatic carbocycles. The zero-order chi connectivity index (χ0) is 16.7. The summed E-state index contributed by atoms with van der Waals surface area (Å²) in [5.74, 6) is 0.693. The van der Waals surface area contributed by atoms with E-state index in [4.69, 9.17) is 4.74 Å². The normalized spacial score (nSPS) is 10.0. The average molecular weight is 375 g/mol. The van der Waals surface area contributed by atoms with Gasteiger partial charge in [0.15, 0.2) is 0 Å². The molecule has 0 saturated heterocycles. The summed E-state index contributed by atoms with van der Waals surface area (Å²) in [6.07, 6.45) is 1.68. The highest BCUT2D eigenvalue weighted by molar-refractivity contribution is 9.10. The Morgan fingerprint density at radius 2 is 2.04 bits per heavy atom. The number of ether oxygens (including phenoxy) is 1. The molecule has 0 fully saturated rings. The van der Waals surface area contributed by atoms with Gasteiger partial charge < -0.3 is 15.0 Å². The van der Waals surface area contributed by atoms with Gasteiger partial charge in [0.05, 0.1) is 0 Å². The maximum absolute atomic E-state index is 12.3. The van der Waals surface area contributed by atoms with Gasteiger partial charge >= 0.3 is 6.03 Å². The number of nitrogens with one attached hydrogen (secondary N) is 1. The zero-order valence-electron chi connectivity index (χ0n) is 13.0. The first-order valence-corrected chi connectivity index (χ1v) is 7.98. The Labute approximate surface area is 144 Å². The van der Waals surface area contributed by atoms with Gasteiger partial charge in [-0.05, 0) is 29.8 Å². The highest BCUT2D eigenvalue weighted by Crippen LogP contribution is 2.18. The molecule has 0 aliphatic carbocycles. The molecule has 0 aliphatic rings. The topological polar surface area (TPSA) is 41.6 Å². The number of carbonyl (C=O) groups is 1. The van der Waals surface area contributed by atoms with Crippen LogP contribution in [0.25, 0.3) is 0 Å². The fourth-order valence-corrected chi connectivity index (χ4v) is 2.24. The Hall–Kier alpha value is -2.27. The third-order valence-electron chi connectivity index (χ3n) is 3.13. The predicted octanol–water partition coefficient (Wildman–Crippen LogP) is 4.68. The van der Waals surface area contributed by atoms with Crippen molar-refractivity contribution in [1.29, 1.82) is 0 Å². The van der Waals surface area contributed by atoms with Crippen LogP contribution in [0.5, 0.6) is 5.75 Å². The summed E-state index contributed by atoms with van der Waals surface area (Å²) in [5.41, 5.74) is 1.76. The van der Waals surface area contributed by atoms with Crippen molar-refractivity contribution in [2.45, 2.75) is 6.54 Å². The van der Waals surface area contributed by atoms with Crippen LogP contribution in [0, 0.1) is 0 Å². The van der Waals surface area contributed by atoms with Crippen LogP contribution in [0.4, 0.5) is 10.5 Å². The predicted molar refractivity (Wildman–Crippen MR) is 96.8 cm³/mol. The third kappa shape index (κ3) is 5.45. The highest BCUT2D eigenvalue weighted by atomic mass is 79.9. The molecule has 0 saturated carbocycles. The summed E-state index contributed by atoms with van der Waals surface area (Å²) in [4.78, 5) is 13.9. The molecule has 23 heavy (non-hydrogen) atoms. The Balaban J connectivity index is 1.95. The first kappa shape index (κ1) is 17.1. The Morgan fingerprint density at radius 1 is 1.30 bits per heavy atom. The van der Waals surface area contributed by atoms with Gasteiger partial charge in [-0.15, -0.1) is 0 Å². The van der Waals surface area contributed by atoms with E-state index in [0.717, 1.165) is 10.0 Å². The highest BCUT2D eigenvalue weighted by Gasteiger charge is 2.10. The number of hydrogen-bond acceptors (Lipinski definition) is 2. The average Bonchev–Trinajstić information content (AvgIpc) is 2.55. The number of amides is 2. The largest absolute Gasteiger partial charge is 0.489 e. The minimum Gasteiger partial charge on any atom is -0.489 e. The van der Waals surface area contributed by atoms with Crippen molar-refractivity contribution in [3.05, 3.63) is 71.2 Å². The van der Waals surface area contributed by atoms with Crippen LogP contribution in [-0.4, -0.2) is 24.6 Å². The number of anilines is 1. The SMILES string of the molecule is C=CCOc1cccc(NC(=O)N(C)Cc2ccc(Br)cc2)c1. The second-order valence-corrected chi connectivity index (χ2v) is 5.96. The van der Waals surface area contributed by atoms with Gasteiger partial charge in [-0.2, -0.15) is 0 Å². The molecule has 0 bridgehead atoms. The molecule has 0 radical (unpaired) electrons. The third-order valence-corrected chi connectivity index (χ3v) is 3.66. The molecule has 120 valence electrons. The van der Waals surface area contributed by atoms with Crippen molar-refractivity contribution in [2.24, 2.45) is 0 Å². The number of urea groups is 1. The summed E-state index contributed by atoms with van der Waals surface area (Å²) in [6, 6.07) is 15.0. The fraction of sp³-hybridized carbons (Fsp3) is 0.167. The molecule has 0 heterocycles. The maximum Gasteiger partial charge on any atom is 0.321 e. The molecule has 2 amide bonds. The van der Waals surface area contributed by atoms with E-state index in [-0.39, 0.29) is 6.03 Å². The van der Waals surface area contributed by atoms with E-state index in [0.29, 0.717) is 24.6 Å². The van der Waals surface area contributed by atoms with Crippen LogP contribution in [0.3, 0.4) is 0 Å². The van der Waals surface area contributed by atoms with Crippen molar-refractivity contribution >= 4 is 27.6 Å². The number of carbonyl (C=O) groups excluding carboxylic acids is 1. The molecule has 2 rings (SSSR count). The van der Waals surface area contributed by atoms with Crippen LogP contribution < -0.4 is 10.1 Å². The molecule has 5 heteroatoms. The van der Waals surface area contributed by atoms with Gasteiger partial charge in [-0.3, -0.25) is 0 Å².